The lowest BCUT2D eigenvalue weighted by molar-refractivity contribution is 0.270. The first-order chi connectivity index (χ1) is 12.7. The standard InChI is InChI=1S/C21H27N3O2/c1-15-10-17(12-20(22-15)25-2)11-16-7-8-24(13-16)14-19-6-5-18-4-3-9-26-21(18)23-19/h5-6,10,12,16H,3-4,7-9,11,13-14H2,1-2H3/t16-/m1/s1. The van der Waals surface area contributed by atoms with E-state index in [0.717, 1.165) is 62.8 Å². The maximum absolute atomic E-state index is 5.71. The normalized spacial score (nSPS) is 19.8. The summed E-state index contributed by atoms with van der Waals surface area (Å²) in [7, 11) is 1.68. The predicted octanol–water partition coefficient (Wildman–Crippen LogP) is 3.18. The largest absolute Gasteiger partial charge is 0.481 e. The van der Waals surface area contributed by atoms with Crippen LogP contribution in [0.15, 0.2) is 24.3 Å². The van der Waals surface area contributed by atoms with Crippen molar-refractivity contribution in [3.8, 4) is 11.8 Å². The number of hydrogen-bond acceptors (Lipinski definition) is 5. The van der Waals surface area contributed by atoms with Crippen LogP contribution in [0.5, 0.6) is 11.8 Å². The highest BCUT2D eigenvalue weighted by molar-refractivity contribution is 5.30. The summed E-state index contributed by atoms with van der Waals surface area (Å²) in [6.07, 6.45) is 4.49. The zero-order chi connectivity index (χ0) is 17.9. The maximum atomic E-state index is 5.71. The lowest BCUT2D eigenvalue weighted by atomic mass is 9.99. The predicted molar refractivity (Wildman–Crippen MR) is 101 cm³/mol. The Kier molecular flexibility index (Phi) is 5.07. The van der Waals surface area contributed by atoms with Crippen LogP contribution in [0, 0.1) is 12.8 Å². The monoisotopic (exact) mass is 353 g/mol. The molecule has 1 atom stereocenters. The van der Waals surface area contributed by atoms with Crippen LogP contribution in [0.25, 0.3) is 0 Å². The van der Waals surface area contributed by atoms with Crippen LogP contribution in [0.1, 0.15) is 35.4 Å². The van der Waals surface area contributed by atoms with E-state index in [1.54, 1.807) is 7.11 Å². The molecule has 0 saturated carbocycles. The third-order valence-corrected chi connectivity index (χ3v) is 5.30. The van der Waals surface area contributed by atoms with Crippen molar-refractivity contribution in [3.05, 3.63) is 46.8 Å². The fourth-order valence-corrected chi connectivity index (χ4v) is 4.06. The van der Waals surface area contributed by atoms with Gasteiger partial charge in [0.25, 0.3) is 0 Å². The number of hydrogen-bond donors (Lipinski definition) is 0. The van der Waals surface area contributed by atoms with Crippen LogP contribution in [-0.4, -0.2) is 41.7 Å². The molecule has 0 spiro atoms. The highest BCUT2D eigenvalue weighted by atomic mass is 16.5. The van der Waals surface area contributed by atoms with Gasteiger partial charge >= 0.3 is 0 Å². The highest BCUT2D eigenvalue weighted by Gasteiger charge is 2.24. The molecule has 2 aromatic heterocycles. The van der Waals surface area contributed by atoms with Crippen molar-refractivity contribution in [2.45, 2.75) is 39.2 Å². The lowest BCUT2D eigenvalue weighted by Gasteiger charge is -2.19. The number of nitrogens with zero attached hydrogens (tertiary/aromatic N) is 3. The van der Waals surface area contributed by atoms with Gasteiger partial charge in [-0.15, -0.1) is 0 Å². The van der Waals surface area contributed by atoms with Crippen LogP contribution in [0.2, 0.25) is 0 Å². The average Bonchev–Trinajstić information content (AvgIpc) is 3.07. The van der Waals surface area contributed by atoms with Gasteiger partial charge in [-0.05, 0) is 62.8 Å². The molecular formula is C21H27N3O2. The van der Waals surface area contributed by atoms with Gasteiger partial charge in [-0.25, -0.2) is 9.97 Å². The van der Waals surface area contributed by atoms with E-state index in [0.29, 0.717) is 11.8 Å². The fraction of sp³-hybridized carbons (Fsp3) is 0.524. The molecule has 138 valence electrons. The molecule has 4 rings (SSSR count). The Morgan fingerprint density at radius 2 is 2.19 bits per heavy atom. The molecule has 4 heterocycles. The SMILES string of the molecule is COc1cc(C[C@H]2CCN(Cc3ccc4c(n3)OCCC4)C2)cc(C)n1. The number of fused-ring (bicyclic) bond motifs is 1. The molecule has 2 aromatic rings. The van der Waals surface area contributed by atoms with Gasteiger partial charge in [0.15, 0.2) is 0 Å². The molecule has 5 heteroatoms. The minimum atomic E-state index is 0.676. The van der Waals surface area contributed by atoms with E-state index in [9.17, 15) is 0 Å². The van der Waals surface area contributed by atoms with Crippen molar-refractivity contribution < 1.29 is 9.47 Å². The number of likely N-dealkylation sites (tertiary alicyclic amines) is 1. The number of rotatable bonds is 5. The van der Waals surface area contributed by atoms with E-state index in [2.05, 4.69) is 34.1 Å². The number of aromatic nitrogens is 2. The van der Waals surface area contributed by atoms with Crippen LogP contribution >= 0.6 is 0 Å². The first kappa shape index (κ1) is 17.3. The molecule has 0 aromatic carbocycles. The molecular weight excluding hydrogens is 326 g/mol. The molecule has 0 aliphatic carbocycles. The lowest BCUT2D eigenvalue weighted by Crippen LogP contribution is -2.22. The van der Waals surface area contributed by atoms with E-state index in [1.165, 1.54) is 17.5 Å². The smallest absolute Gasteiger partial charge is 0.216 e. The molecule has 2 aliphatic heterocycles. The minimum Gasteiger partial charge on any atom is -0.481 e. The van der Waals surface area contributed by atoms with Crippen LogP contribution < -0.4 is 9.47 Å². The Morgan fingerprint density at radius 3 is 3.08 bits per heavy atom. The summed E-state index contributed by atoms with van der Waals surface area (Å²) in [6.45, 7) is 5.97. The molecule has 26 heavy (non-hydrogen) atoms. The summed E-state index contributed by atoms with van der Waals surface area (Å²) in [5.41, 5.74) is 4.71. The van der Waals surface area contributed by atoms with Crippen molar-refractivity contribution in [2.24, 2.45) is 5.92 Å². The molecule has 0 bridgehead atoms. The Labute approximate surface area is 155 Å². The Morgan fingerprint density at radius 1 is 1.27 bits per heavy atom. The van der Waals surface area contributed by atoms with E-state index in [-0.39, 0.29) is 0 Å². The molecule has 0 amide bonds. The van der Waals surface area contributed by atoms with Gasteiger partial charge < -0.3 is 9.47 Å². The molecule has 0 N–H and O–H groups in total. The van der Waals surface area contributed by atoms with Gasteiger partial charge in [-0.2, -0.15) is 0 Å². The van der Waals surface area contributed by atoms with Crippen LogP contribution in [0.3, 0.4) is 0 Å². The van der Waals surface area contributed by atoms with E-state index >= 15 is 0 Å². The summed E-state index contributed by atoms with van der Waals surface area (Å²) in [5.74, 6) is 2.24. The summed E-state index contributed by atoms with van der Waals surface area (Å²) < 4.78 is 11.0. The second kappa shape index (κ2) is 7.62. The maximum Gasteiger partial charge on any atom is 0.216 e. The molecule has 0 unspecified atom stereocenters. The summed E-state index contributed by atoms with van der Waals surface area (Å²) >= 11 is 0. The van der Waals surface area contributed by atoms with Crippen LogP contribution in [0.4, 0.5) is 0 Å². The molecule has 0 radical (unpaired) electrons. The minimum absolute atomic E-state index is 0.676. The number of aryl methyl sites for hydroxylation is 2. The summed E-state index contributed by atoms with van der Waals surface area (Å²) in [6, 6.07) is 8.60. The number of ether oxygens (including phenoxy) is 2. The van der Waals surface area contributed by atoms with Crippen molar-refractivity contribution >= 4 is 0 Å². The van der Waals surface area contributed by atoms with E-state index < -0.39 is 0 Å². The topological polar surface area (TPSA) is 47.5 Å². The quantitative estimate of drug-likeness (QED) is 0.826. The first-order valence-electron chi connectivity index (χ1n) is 9.55. The van der Waals surface area contributed by atoms with E-state index in [1.807, 2.05) is 6.92 Å². The van der Waals surface area contributed by atoms with Crippen molar-refractivity contribution in [1.29, 1.82) is 0 Å². The zero-order valence-corrected chi connectivity index (χ0v) is 15.7. The molecule has 5 nitrogen and oxygen atoms in total. The molecule has 1 fully saturated rings. The van der Waals surface area contributed by atoms with Gasteiger partial charge in [0.2, 0.25) is 11.8 Å². The van der Waals surface area contributed by atoms with Gasteiger partial charge in [-0.3, -0.25) is 4.90 Å². The zero-order valence-electron chi connectivity index (χ0n) is 15.7. The van der Waals surface area contributed by atoms with Gasteiger partial charge in [-0.1, -0.05) is 6.07 Å². The number of pyridine rings is 2. The van der Waals surface area contributed by atoms with Crippen molar-refractivity contribution in [3.63, 3.8) is 0 Å². The summed E-state index contributed by atoms with van der Waals surface area (Å²) in [4.78, 5) is 11.6. The number of methoxy groups -OCH3 is 1. The Bertz CT molecular complexity index is 778. The molecule has 1 saturated heterocycles. The van der Waals surface area contributed by atoms with Crippen molar-refractivity contribution in [2.75, 3.05) is 26.8 Å². The molecule has 2 aliphatic rings. The fourth-order valence-electron chi connectivity index (χ4n) is 4.06. The second-order valence-corrected chi connectivity index (χ2v) is 7.47. The van der Waals surface area contributed by atoms with Gasteiger partial charge in [0.1, 0.15) is 0 Å². The highest BCUT2D eigenvalue weighted by Crippen LogP contribution is 2.26. The Balaban J connectivity index is 1.36. The van der Waals surface area contributed by atoms with Crippen molar-refractivity contribution in [1.82, 2.24) is 14.9 Å². The third-order valence-electron chi connectivity index (χ3n) is 5.30. The van der Waals surface area contributed by atoms with Crippen LogP contribution in [-0.2, 0) is 19.4 Å². The summed E-state index contributed by atoms with van der Waals surface area (Å²) in [5, 5.41) is 0. The Hall–Kier alpha value is -2.14. The van der Waals surface area contributed by atoms with Gasteiger partial charge in [0, 0.05) is 30.4 Å². The van der Waals surface area contributed by atoms with Gasteiger partial charge in [0.05, 0.1) is 19.4 Å². The average molecular weight is 353 g/mol. The third kappa shape index (κ3) is 3.98. The second-order valence-electron chi connectivity index (χ2n) is 7.47. The first-order valence-corrected chi connectivity index (χ1v) is 9.55. The van der Waals surface area contributed by atoms with E-state index in [4.69, 9.17) is 14.5 Å².